The minimum absolute atomic E-state index is 0.0184. The van der Waals surface area contributed by atoms with Crippen molar-refractivity contribution in [3.8, 4) is 28.6 Å². The van der Waals surface area contributed by atoms with Gasteiger partial charge in [-0.1, -0.05) is 13.8 Å². The third-order valence-electron chi connectivity index (χ3n) is 6.63. The summed E-state index contributed by atoms with van der Waals surface area (Å²) >= 11 is 0. The Balaban J connectivity index is 1.73. The summed E-state index contributed by atoms with van der Waals surface area (Å²) < 4.78 is 7.26. The van der Waals surface area contributed by atoms with Gasteiger partial charge in [0, 0.05) is 36.3 Å². The highest BCUT2D eigenvalue weighted by Crippen LogP contribution is 2.39. The van der Waals surface area contributed by atoms with Crippen molar-refractivity contribution in [1.82, 2.24) is 19.7 Å². The number of aromatic hydroxyl groups is 2. The Labute approximate surface area is 206 Å². The maximum Gasteiger partial charge on any atom is 0.205 e. The summed E-state index contributed by atoms with van der Waals surface area (Å²) in [5.41, 5.74) is 9.17. The fourth-order valence-electron chi connectivity index (χ4n) is 4.68. The fraction of sp³-hybridized carbons (Fsp3) is 0.560. The molecule has 10 nitrogen and oxygen atoms in total. The van der Waals surface area contributed by atoms with Crippen LogP contribution in [0.3, 0.4) is 0 Å². The highest BCUT2D eigenvalue weighted by molar-refractivity contribution is 5.75. The van der Waals surface area contributed by atoms with Crippen molar-refractivity contribution in [3.63, 3.8) is 0 Å². The minimum Gasteiger partial charge on any atom is -0.507 e. The third-order valence-corrected chi connectivity index (χ3v) is 6.63. The van der Waals surface area contributed by atoms with E-state index in [2.05, 4.69) is 53.1 Å². The Morgan fingerprint density at radius 1 is 1.09 bits per heavy atom. The van der Waals surface area contributed by atoms with Gasteiger partial charge in [0.2, 0.25) is 5.95 Å². The smallest absolute Gasteiger partial charge is 0.205 e. The van der Waals surface area contributed by atoms with Gasteiger partial charge >= 0.3 is 0 Å². The first kappa shape index (κ1) is 24.8. The zero-order valence-corrected chi connectivity index (χ0v) is 21.2. The number of hydrogen-bond donors (Lipinski definition) is 5. The van der Waals surface area contributed by atoms with Gasteiger partial charge in [-0.15, -0.1) is 5.10 Å². The van der Waals surface area contributed by atoms with Crippen molar-refractivity contribution >= 4 is 11.8 Å². The summed E-state index contributed by atoms with van der Waals surface area (Å²) in [5.74, 6) is 1.70. The molecule has 10 heteroatoms. The molecule has 3 aliphatic rings. The van der Waals surface area contributed by atoms with Crippen LogP contribution in [-0.4, -0.2) is 49.2 Å². The molecule has 0 saturated heterocycles. The molecule has 0 atom stereocenters. The second-order valence-electron chi connectivity index (χ2n) is 9.95. The molecule has 0 spiro atoms. The van der Waals surface area contributed by atoms with E-state index in [0.717, 1.165) is 43.0 Å². The number of nitrogens with one attached hydrogen (secondary N) is 2. The number of anilines is 2. The number of aromatic nitrogens is 4. The van der Waals surface area contributed by atoms with E-state index in [0.29, 0.717) is 23.1 Å². The SMILES string of the molecule is COc1cc(O)c(CNc2nc(NC3CCC(N)CC3)n(C(C)C)c3c(C(C)C)nnc2-3)cc1O. The van der Waals surface area contributed by atoms with E-state index >= 15 is 0 Å². The quantitative estimate of drug-likeness (QED) is 0.298. The molecule has 0 unspecified atom stereocenters. The molecule has 1 saturated carbocycles. The average molecular weight is 484 g/mol. The predicted molar refractivity (Wildman–Crippen MR) is 136 cm³/mol. The zero-order chi connectivity index (χ0) is 25.3. The number of methoxy groups -OCH3 is 1. The van der Waals surface area contributed by atoms with Crippen molar-refractivity contribution in [2.45, 2.75) is 84.0 Å². The Morgan fingerprint density at radius 3 is 2.43 bits per heavy atom. The number of benzene rings is 1. The molecule has 1 fully saturated rings. The van der Waals surface area contributed by atoms with Crippen LogP contribution < -0.4 is 21.1 Å². The molecule has 1 aliphatic carbocycles. The average Bonchev–Trinajstić information content (AvgIpc) is 3.25. The number of phenols is 2. The number of nitrogens with two attached hydrogens (primary N) is 1. The summed E-state index contributed by atoms with van der Waals surface area (Å²) in [7, 11) is 1.44. The van der Waals surface area contributed by atoms with Crippen LogP contribution in [0.15, 0.2) is 12.1 Å². The normalized spacial score (nSPS) is 18.4. The van der Waals surface area contributed by atoms with Gasteiger partial charge in [0.1, 0.15) is 5.75 Å². The molecular formula is C25H37N7O3. The van der Waals surface area contributed by atoms with Gasteiger partial charge in [0.05, 0.1) is 18.5 Å². The lowest BCUT2D eigenvalue weighted by Gasteiger charge is -2.30. The molecule has 6 N–H and O–H groups in total. The monoisotopic (exact) mass is 483 g/mol. The van der Waals surface area contributed by atoms with Crippen LogP contribution in [0.2, 0.25) is 0 Å². The summed E-state index contributed by atoms with van der Waals surface area (Å²) in [6.07, 6.45) is 3.97. The second-order valence-corrected chi connectivity index (χ2v) is 9.95. The van der Waals surface area contributed by atoms with Crippen LogP contribution >= 0.6 is 0 Å². The molecule has 0 amide bonds. The number of phenolic OH excluding ortho intramolecular Hbond substituents is 2. The third kappa shape index (κ3) is 5.07. The van der Waals surface area contributed by atoms with Gasteiger partial charge in [-0.3, -0.25) is 0 Å². The summed E-state index contributed by atoms with van der Waals surface area (Å²) in [4.78, 5) is 4.95. The number of fused-ring (bicyclic) bond motifs is 1. The van der Waals surface area contributed by atoms with E-state index in [9.17, 15) is 10.2 Å². The maximum atomic E-state index is 10.4. The first-order valence-corrected chi connectivity index (χ1v) is 12.3. The van der Waals surface area contributed by atoms with Crippen LogP contribution in [0.25, 0.3) is 11.4 Å². The van der Waals surface area contributed by atoms with Gasteiger partial charge in [0.15, 0.2) is 23.0 Å². The van der Waals surface area contributed by atoms with Gasteiger partial charge < -0.3 is 35.9 Å². The largest absolute Gasteiger partial charge is 0.507 e. The molecule has 35 heavy (non-hydrogen) atoms. The van der Waals surface area contributed by atoms with Gasteiger partial charge in [-0.2, -0.15) is 10.1 Å². The highest BCUT2D eigenvalue weighted by Gasteiger charge is 2.29. The number of ether oxygens (including phenoxy) is 1. The van der Waals surface area contributed by atoms with Crippen molar-refractivity contribution in [2.75, 3.05) is 17.7 Å². The molecule has 190 valence electrons. The standard InChI is InChI=1S/C25H37N7O3/c1-13(2)21-23-22(31-30-21)24(27-12-15-10-19(34)20(35-5)11-18(15)33)29-25(32(23)14(3)4)28-17-8-6-16(26)7-9-17/h10-11,13-14,16-17,27,33-34H,6-9,12,26H2,1-5H3,(H,28,29). The number of nitrogens with zero attached hydrogens (tertiary/aromatic N) is 4. The molecule has 2 aliphatic heterocycles. The molecular weight excluding hydrogens is 446 g/mol. The van der Waals surface area contributed by atoms with Gasteiger partial charge in [-0.05, 0) is 51.5 Å². The Bertz CT molecular complexity index is 1140. The lowest BCUT2D eigenvalue weighted by molar-refractivity contribution is 0.367. The summed E-state index contributed by atoms with van der Waals surface area (Å²) in [6, 6.07) is 3.57. The molecule has 0 aromatic heterocycles. The van der Waals surface area contributed by atoms with E-state index in [-0.39, 0.29) is 41.8 Å². The van der Waals surface area contributed by atoms with Crippen LogP contribution in [-0.2, 0) is 6.54 Å². The molecule has 0 bridgehead atoms. The van der Waals surface area contributed by atoms with Crippen LogP contribution in [0, 0.1) is 0 Å². The van der Waals surface area contributed by atoms with Gasteiger partial charge in [-0.25, -0.2) is 0 Å². The summed E-state index contributed by atoms with van der Waals surface area (Å²) in [6.45, 7) is 8.71. The topological polar surface area (TPSA) is 143 Å². The lowest BCUT2D eigenvalue weighted by atomic mass is 9.92. The van der Waals surface area contributed by atoms with Crippen LogP contribution in [0.1, 0.15) is 76.6 Å². The van der Waals surface area contributed by atoms with E-state index in [1.54, 1.807) is 0 Å². The van der Waals surface area contributed by atoms with E-state index in [1.807, 2.05) is 0 Å². The zero-order valence-electron chi connectivity index (χ0n) is 21.2. The molecule has 1 aromatic rings. The van der Waals surface area contributed by atoms with Crippen molar-refractivity contribution < 1.29 is 14.9 Å². The Kier molecular flexibility index (Phi) is 7.20. The summed E-state index contributed by atoms with van der Waals surface area (Å²) in [5, 5.41) is 36.6. The van der Waals surface area contributed by atoms with E-state index < -0.39 is 0 Å². The first-order chi connectivity index (χ1) is 16.7. The first-order valence-electron chi connectivity index (χ1n) is 12.3. The maximum absolute atomic E-state index is 10.4. The van der Waals surface area contributed by atoms with E-state index in [1.165, 1.54) is 19.2 Å². The van der Waals surface area contributed by atoms with Crippen molar-refractivity contribution in [1.29, 1.82) is 0 Å². The van der Waals surface area contributed by atoms with Crippen LogP contribution in [0.5, 0.6) is 17.2 Å². The Hall–Kier alpha value is -3.27. The number of rotatable bonds is 8. The molecule has 4 rings (SSSR count). The number of hydrogen-bond acceptors (Lipinski definition) is 9. The van der Waals surface area contributed by atoms with E-state index in [4.69, 9.17) is 15.5 Å². The van der Waals surface area contributed by atoms with Crippen LogP contribution in [0.4, 0.5) is 11.8 Å². The molecule has 1 aromatic carbocycles. The fourth-order valence-corrected chi connectivity index (χ4v) is 4.68. The van der Waals surface area contributed by atoms with Crippen molar-refractivity contribution in [3.05, 3.63) is 23.4 Å². The predicted octanol–water partition coefficient (Wildman–Crippen LogP) is 4.20. The second kappa shape index (κ2) is 10.2. The van der Waals surface area contributed by atoms with Gasteiger partial charge in [0.25, 0.3) is 0 Å². The highest BCUT2D eigenvalue weighted by atomic mass is 16.5. The Morgan fingerprint density at radius 2 is 1.80 bits per heavy atom. The van der Waals surface area contributed by atoms with Crippen molar-refractivity contribution in [2.24, 2.45) is 5.73 Å². The minimum atomic E-state index is -0.0426. The molecule has 0 radical (unpaired) electrons. The lowest BCUT2D eigenvalue weighted by Crippen LogP contribution is -2.34. The molecule has 2 heterocycles.